The third-order valence-corrected chi connectivity index (χ3v) is 4.08. The fraction of sp³-hybridized carbons (Fsp3) is 0.733. The molecule has 0 spiro atoms. The number of rotatable bonds is 3. The molecule has 1 aromatic rings. The molecular weight excluding hydrogens is 236 g/mol. The number of hydrogen-bond acceptors (Lipinski definition) is 4. The van der Waals surface area contributed by atoms with Crippen LogP contribution in [0.5, 0.6) is 0 Å². The van der Waals surface area contributed by atoms with E-state index >= 15 is 0 Å². The molecule has 1 aliphatic rings. The molecule has 0 aromatic carbocycles. The Morgan fingerprint density at radius 1 is 1.26 bits per heavy atom. The van der Waals surface area contributed by atoms with Crippen LogP contribution in [-0.2, 0) is 5.41 Å². The summed E-state index contributed by atoms with van der Waals surface area (Å²) in [5.74, 6) is 3.06. The summed E-state index contributed by atoms with van der Waals surface area (Å²) >= 11 is 0. The van der Waals surface area contributed by atoms with Crippen molar-refractivity contribution in [2.24, 2.45) is 5.92 Å². The van der Waals surface area contributed by atoms with E-state index in [-0.39, 0.29) is 5.41 Å². The standard InChI is InChI=1S/C15H26N4/c1-9-12(16)18-14(15(3,4)5)19-13(9)17-10(2)11-7-6-8-11/h10-11H,6-8H2,1-5H3,(H3,16,17,18,19). The van der Waals surface area contributed by atoms with Crippen molar-refractivity contribution < 1.29 is 0 Å². The number of nitrogen functional groups attached to an aromatic ring is 1. The van der Waals surface area contributed by atoms with Gasteiger partial charge >= 0.3 is 0 Å². The van der Waals surface area contributed by atoms with Gasteiger partial charge in [0.25, 0.3) is 0 Å². The van der Waals surface area contributed by atoms with Crippen LogP contribution in [-0.4, -0.2) is 16.0 Å². The molecule has 1 aliphatic carbocycles. The van der Waals surface area contributed by atoms with E-state index in [0.29, 0.717) is 11.9 Å². The van der Waals surface area contributed by atoms with Crippen molar-refractivity contribution in [1.29, 1.82) is 0 Å². The summed E-state index contributed by atoms with van der Waals surface area (Å²) in [6, 6.07) is 0.453. The van der Waals surface area contributed by atoms with E-state index in [0.717, 1.165) is 23.1 Å². The van der Waals surface area contributed by atoms with Crippen LogP contribution < -0.4 is 11.1 Å². The third-order valence-electron chi connectivity index (χ3n) is 4.08. The Kier molecular flexibility index (Phi) is 3.70. The lowest BCUT2D eigenvalue weighted by Gasteiger charge is -2.33. The summed E-state index contributed by atoms with van der Waals surface area (Å²) in [5.41, 5.74) is 6.90. The maximum absolute atomic E-state index is 6.03. The van der Waals surface area contributed by atoms with Gasteiger partial charge in [-0.1, -0.05) is 27.2 Å². The van der Waals surface area contributed by atoms with Crippen molar-refractivity contribution in [2.75, 3.05) is 11.1 Å². The number of nitrogens with one attached hydrogen (secondary N) is 1. The minimum absolute atomic E-state index is 0.0854. The molecule has 0 amide bonds. The molecule has 0 radical (unpaired) electrons. The highest BCUT2D eigenvalue weighted by atomic mass is 15.1. The monoisotopic (exact) mass is 262 g/mol. The Bertz CT molecular complexity index is 458. The van der Waals surface area contributed by atoms with Gasteiger partial charge in [-0.2, -0.15) is 0 Å². The third kappa shape index (κ3) is 2.99. The summed E-state index contributed by atoms with van der Waals surface area (Å²) in [5, 5.41) is 3.53. The van der Waals surface area contributed by atoms with E-state index in [9.17, 15) is 0 Å². The summed E-state index contributed by atoms with van der Waals surface area (Å²) in [4.78, 5) is 9.10. The maximum Gasteiger partial charge on any atom is 0.138 e. The van der Waals surface area contributed by atoms with Gasteiger partial charge in [-0.25, -0.2) is 9.97 Å². The average molecular weight is 262 g/mol. The van der Waals surface area contributed by atoms with Gasteiger partial charge in [0, 0.05) is 17.0 Å². The summed E-state index contributed by atoms with van der Waals surface area (Å²) in [6.07, 6.45) is 3.99. The zero-order chi connectivity index (χ0) is 14.2. The van der Waals surface area contributed by atoms with E-state index in [4.69, 9.17) is 5.73 Å². The minimum atomic E-state index is -0.0854. The van der Waals surface area contributed by atoms with Gasteiger partial charge in [0.1, 0.15) is 17.5 Å². The fourth-order valence-corrected chi connectivity index (χ4v) is 2.28. The van der Waals surface area contributed by atoms with Gasteiger partial charge in [-0.15, -0.1) is 0 Å². The molecule has 19 heavy (non-hydrogen) atoms. The average Bonchev–Trinajstić information content (AvgIpc) is 2.20. The molecule has 4 nitrogen and oxygen atoms in total. The van der Waals surface area contributed by atoms with Crippen molar-refractivity contribution in [3.05, 3.63) is 11.4 Å². The molecule has 1 saturated carbocycles. The van der Waals surface area contributed by atoms with Gasteiger partial charge in [-0.3, -0.25) is 0 Å². The Morgan fingerprint density at radius 3 is 2.37 bits per heavy atom. The smallest absolute Gasteiger partial charge is 0.138 e. The summed E-state index contributed by atoms with van der Waals surface area (Å²) in [6.45, 7) is 10.5. The fourth-order valence-electron chi connectivity index (χ4n) is 2.28. The van der Waals surface area contributed by atoms with Crippen LogP contribution in [0.1, 0.15) is 58.3 Å². The van der Waals surface area contributed by atoms with Gasteiger partial charge < -0.3 is 11.1 Å². The molecule has 106 valence electrons. The predicted octanol–water partition coefficient (Wildman–Crippen LogP) is 3.27. The number of aromatic nitrogens is 2. The molecule has 1 atom stereocenters. The number of nitrogens with two attached hydrogens (primary N) is 1. The van der Waals surface area contributed by atoms with Crippen LogP contribution >= 0.6 is 0 Å². The summed E-state index contributed by atoms with van der Waals surface area (Å²) in [7, 11) is 0. The van der Waals surface area contributed by atoms with Crippen molar-refractivity contribution >= 4 is 11.6 Å². The first-order chi connectivity index (χ1) is 8.79. The lowest BCUT2D eigenvalue weighted by Crippen LogP contribution is -2.32. The second-order valence-corrected chi connectivity index (χ2v) is 6.78. The number of hydrogen-bond donors (Lipinski definition) is 2. The highest BCUT2D eigenvalue weighted by molar-refractivity contribution is 5.55. The van der Waals surface area contributed by atoms with Crippen LogP contribution in [0.3, 0.4) is 0 Å². The van der Waals surface area contributed by atoms with Crippen molar-refractivity contribution in [2.45, 2.75) is 65.3 Å². The SMILES string of the molecule is Cc1c(N)nc(C(C)(C)C)nc1NC(C)C1CCC1. The lowest BCUT2D eigenvalue weighted by atomic mass is 9.80. The van der Waals surface area contributed by atoms with Crippen molar-refractivity contribution in [3.8, 4) is 0 Å². The number of anilines is 2. The Labute approximate surface area is 116 Å². The topological polar surface area (TPSA) is 63.8 Å². The number of nitrogens with zero attached hydrogens (tertiary/aromatic N) is 2. The Morgan fingerprint density at radius 2 is 1.89 bits per heavy atom. The highest BCUT2D eigenvalue weighted by Crippen LogP contribution is 2.32. The predicted molar refractivity (Wildman–Crippen MR) is 80.3 cm³/mol. The van der Waals surface area contributed by atoms with E-state index in [2.05, 4.69) is 43.0 Å². The van der Waals surface area contributed by atoms with Crippen LogP contribution in [0.15, 0.2) is 0 Å². The highest BCUT2D eigenvalue weighted by Gasteiger charge is 2.26. The largest absolute Gasteiger partial charge is 0.383 e. The molecule has 1 aromatic heterocycles. The molecule has 0 saturated heterocycles. The first kappa shape index (κ1) is 14.1. The van der Waals surface area contributed by atoms with Crippen LogP contribution in [0.25, 0.3) is 0 Å². The van der Waals surface area contributed by atoms with Crippen LogP contribution in [0.4, 0.5) is 11.6 Å². The van der Waals surface area contributed by atoms with Gasteiger partial charge in [0.2, 0.25) is 0 Å². The molecule has 3 N–H and O–H groups in total. The van der Waals surface area contributed by atoms with Crippen molar-refractivity contribution in [3.63, 3.8) is 0 Å². The zero-order valence-electron chi connectivity index (χ0n) is 12.7. The molecular formula is C15H26N4. The quantitative estimate of drug-likeness (QED) is 0.877. The Balaban J connectivity index is 2.25. The minimum Gasteiger partial charge on any atom is -0.383 e. The summed E-state index contributed by atoms with van der Waals surface area (Å²) < 4.78 is 0. The first-order valence-electron chi connectivity index (χ1n) is 7.20. The van der Waals surface area contributed by atoms with Crippen molar-refractivity contribution in [1.82, 2.24) is 9.97 Å². The van der Waals surface area contributed by atoms with E-state index in [1.165, 1.54) is 19.3 Å². The molecule has 1 unspecified atom stereocenters. The molecule has 4 heteroatoms. The first-order valence-corrected chi connectivity index (χ1v) is 7.20. The Hall–Kier alpha value is -1.32. The molecule has 2 rings (SSSR count). The van der Waals surface area contributed by atoms with Crippen LogP contribution in [0.2, 0.25) is 0 Å². The second-order valence-electron chi connectivity index (χ2n) is 6.78. The van der Waals surface area contributed by atoms with Crippen LogP contribution in [0, 0.1) is 12.8 Å². The van der Waals surface area contributed by atoms with Gasteiger partial charge in [0.05, 0.1) is 0 Å². The lowest BCUT2D eigenvalue weighted by molar-refractivity contribution is 0.284. The van der Waals surface area contributed by atoms with Gasteiger partial charge in [0.15, 0.2) is 0 Å². The molecule has 1 heterocycles. The molecule has 0 aliphatic heterocycles. The van der Waals surface area contributed by atoms with E-state index in [1.54, 1.807) is 0 Å². The van der Waals surface area contributed by atoms with E-state index < -0.39 is 0 Å². The van der Waals surface area contributed by atoms with Gasteiger partial charge in [-0.05, 0) is 32.6 Å². The molecule has 0 bridgehead atoms. The normalized spacial score (nSPS) is 17.9. The second kappa shape index (κ2) is 4.99. The maximum atomic E-state index is 6.03. The molecule has 1 fully saturated rings. The zero-order valence-corrected chi connectivity index (χ0v) is 12.7. The van der Waals surface area contributed by atoms with E-state index in [1.807, 2.05) is 6.92 Å².